The van der Waals surface area contributed by atoms with Crippen LogP contribution in [0.25, 0.3) is 0 Å². The number of likely N-dealkylation sites (tertiary alicyclic amines) is 2. The first-order chi connectivity index (χ1) is 8.61. The smallest absolute Gasteiger partial charge is 0.227 e. The van der Waals surface area contributed by atoms with Crippen molar-refractivity contribution in [1.29, 1.82) is 0 Å². The van der Waals surface area contributed by atoms with Gasteiger partial charge in [-0.15, -0.1) is 12.4 Å². The Morgan fingerprint density at radius 1 is 1.11 bits per heavy atom. The molecule has 19 heavy (non-hydrogen) atoms. The number of amides is 2. The van der Waals surface area contributed by atoms with Gasteiger partial charge in [-0.1, -0.05) is 0 Å². The average Bonchev–Trinajstić information content (AvgIpc) is 2.87. The number of hydrogen-bond acceptors (Lipinski definition) is 3. The van der Waals surface area contributed by atoms with E-state index in [0.717, 1.165) is 38.9 Å². The molecule has 5 nitrogen and oxygen atoms in total. The first-order valence-electron chi connectivity index (χ1n) is 6.83. The molecular weight excluding hydrogens is 266 g/mol. The summed E-state index contributed by atoms with van der Waals surface area (Å²) in [5.74, 6) is 0.334. The molecule has 2 atom stereocenters. The standard InChI is InChI=1S/C13H23N3O2.ClH/c1-10(17)15-7-5-11(8-15)13(18)16-6-3-4-12(9-16)14-2;/h11-12,14H,3-9H2,1-2H3;1H. The summed E-state index contributed by atoms with van der Waals surface area (Å²) in [4.78, 5) is 27.4. The SMILES string of the molecule is CNC1CCCN(C(=O)C2CCN(C(C)=O)C2)C1.Cl. The van der Waals surface area contributed by atoms with Gasteiger partial charge < -0.3 is 15.1 Å². The van der Waals surface area contributed by atoms with Crippen LogP contribution in [0.15, 0.2) is 0 Å². The topological polar surface area (TPSA) is 52.7 Å². The lowest BCUT2D eigenvalue weighted by molar-refractivity contribution is -0.136. The molecule has 2 rings (SSSR count). The van der Waals surface area contributed by atoms with Crippen molar-refractivity contribution in [2.24, 2.45) is 5.92 Å². The summed E-state index contributed by atoms with van der Waals surface area (Å²) >= 11 is 0. The summed E-state index contributed by atoms with van der Waals surface area (Å²) in [6, 6.07) is 0.424. The van der Waals surface area contributed by atoms with Gasteiger partial charge in [0.2, 0.25) is 11.8 Å². The number of halogens is 1. The number of piperidine rings is 1. The Balaban J connectivity index is 0.00000180. The highest BCUT2D eigenvalue weighted by Gasteiger charge is 2.33. The van der Waals surface area contributed by atoms with Gasteiger partial charge in [-0.25, -0.2) is 0 Å². The van der Waals surface area contributed by atoms with E-state index in [1.807, 2.05) is 11.9 Å². The zero-order valence-corrected chi connectivity index (χ0v) is 12.5. The van der Waals surface area contributed by atoms with Gasteiger partial charge in [0, 0.05) is 39.1 Å². The van der Waals surface area contributed by atoms with E-state index in [2.05, 4.69) is 5.32 Å². The van der Waals surface area contributed by atoms with Crippen LogP contribution in [-0.2, 0) is 9.59 Å². The van der Waals surface area contributed by atoms with Gasteiger partial charge in [-0.3, -0.25) is 9.59 Å². The van der Waals surface area contributed by atoms with Crippen LogP contribution in [0.5, 0.6) is 0 Å². The summed E-state index contributed by atoms with van der Waals surface area (Å²) in [5.41, 5.74) is 0. The quantitative estimate of drug-likeness (QED) is 0.805. The lowest BCUT2D eigenvalue weighted by Crippen LogP contribution is -2.49. The zero-order chi connectivity index (χ0) is 13.1. The van der Waals surface area contributed by atoms with Crippen LogP contribution in [0.4, 0.5) is 0 Å². The number of carbonyl (C=O) groups excluding carboxylic acids is 2. The lowest BCUT2D eigenvalue weighted by atomic mass is 10.0. The molecule has 110 valence electrons. The first kappa shape index (κ1) is 16.2. The minimum absolute atomic E-state index is 0. The number of rotatable bonds is 2. The molecule has 0 spiro atoms. The van der Waals surface area contributed by atoms with Crippen LogP contribution in [0.3, 0.4) is 0 Å². The Labute approximate surface area is 121 Å². The van der Waals surface area contributed by atoms with Gasteiger partial charge in [0.1, 0.15) is 0 Å². The summed E-state index contributed by atoms with van der Waals surface area (Å²) in [7, 11) is 1.95. The molecule has 0 aromatic carbocycles. The molecule has 0 bridgehead atoms. The summed E-state index contributed by atoms with van der Waals surface area (Å²) in [6.45, 7) is 4.59. The minimum Gasteiger partial charge on any atom is -0.342 e. The monoisotopic (exact) mass is 289 g/mol. The van der Waals surface area contributed by atoms with Crippen LogP contribution < -0.4 is 5.32 Å². The van der Waals surface area contributed by atoms with Crippen molar-refractivity contribution >= 4 is 24.2 Å². The molecule has 0 radical (unpaired) electrons. The maximum atomic E-state index is 12.4. The minimum atomic E-state index is 0. The Kier molecular flexibility index (Phi) is 6.07. The fourth-order valence-corrected chi connectivity index (χ4v) is 2.92. The molecule has 2 fully saturated rings. The fourth-order valence-electron chi connectivity index (χ4n) is 2.92. The van der Waals surface area contributed by atoms with Crippen LogP contribution in [0.1, 0.15) is 26.2 Å². The highest BCUT2D eigenvalue weighted by Crippen LogP contribution is 2.21. The number of carbonyl (C=O) groups is 2. The molecule has 2 unspecified atom stereocenters. The number of likely N-dealkylation sites (N-methyl/N-ethyl adjacent to an activating group) is 1. The van der Waals surface area contributed by atoms with Crippen LogP contribution in [0.2, 0.25) is 0 Å². The van der Waals surface area contributed by atoms with E-state index in [0.29, 0.717) is 12.6 Å². The van der Waals surface area contributed by atoms with Crippen molar-refractivity contribution in [2.45, 2.75) is 32.2 Å². The van der Waals surface area contributed by atoms with E-state index in [1.165, 1.54) is 0 Å². The number of nitrogens with one attached hydrogen (secondary N) is 1. The third kappa shape index (κ3) is 3.83. The summed E-state index contributed by atoms with van der Waals surface area (Å²) in [5, 5.41) is 3.25. The van der Waals surface area contributed by atoms with Gasteiger partial charge in [-0.2, -0.15) is 0 Å². The number of nitrogens with zero attached hydrogens (tertiary/aromatic N) is 2. The van der Waals surface area contributed by atoms with Crippen LogP contribution in [0, 0.1) is 5.92 Å². The van der Waals surface area contributed by atoms with Gasteiger partial charge in [0.25, 0.3) is 0 Å². The molecule has 2 amide bonds. The van der Waals surface area contributed by atoms with Crippen molar-refractivity contribution < 1.29 is 9.59 Å². The fraction of sp³-hybridized carbons (Fsp3) is 0.846. The van der Waals surface area contributed by atoms with E-state index in [-0.39, 0.29) is 30.1 Å². The van der Waals surface area contributed by atoms with Crippen molar-refractivity contribution in [3.05, 3.63) is 0 Å². The Morgan fingerprint density at radius 2 is 1.84 bits per heavy atom. The maximum Gasteiger partial charge on any atom is 0.227 e. The van der Waals surface area contributed by atoms with Gasteiger partial charge in [0.05, 0.1) is 5.92 Å². The molecule has 1 N–H and O–H groups in total. The van der Waals surface area contributed by atoms with Gasteiger partial charge in [0.15, 0.2) is 0 Å². The van der Waals surface area contributed by atoms with Crippen LogP contribution >= 0.6 is 12.4 Å². The second-order valence-corrected chi connectivity index (χ2v) is 5.36. The predicted octanol–water partition coefficient (Wildman–Crippen LogP) is 0.487. The Hall–Kier alpha value is -0.810. The van der Waals surface area contributed by atoms with E-state index in [1.54, 1.807) is 11.8 Å². The Bertz CT molecular complexity index is 338. The van der Waals surface area contributed by atoms with Gasteiger partial charge >= 0.3 is 0 Å². The molecule has 2 aliphatic rings. The second kappa shape index (κ2) is 7.10. The third-order valence-electron chi connectivity index (χ3n) is 4.12. The first-order valence-corrected chi connectivity index (χ1v) is 6.83. The second-order valence-electron chi connectivity index (χ2n) is 5.36. The zero-order valence-electron chi connectivity index (χ0n) is 11.7. The average molecular weight is 290 g/mol. The molecule has 0 aromatic rings. The van der Waals surface area contributed by atoms with E-state index < -0.39 is 0 Å². The molecular formula is C13H24ClN3O2. The molecule has 0 aromatic heterocycles. The van der Waals surface area contributed by atoms with Crippen molar-refractivity contribution in [1.82, 2.24) is 15.1 Å². The van der Waals surface area contributed by atoms with Crippen LogP contribution in [-0.4, -0.2) is 60.9 Å². The van der Waals surface area contributed by atoms with Crippen molar-refractivity contribution in [3.8, 4) is 0 Å². The maximum absolute atomic E-state index is 12.4. The largest absolute Gasteiger partial charge is 0.342 e. The highest BCUT2D eigenvalue weighted by atomic mass is 35.5. The molecule has 2 saturated heterocycles. The molecule has 2 aliphatic heterocycles. The Morgan fingerprint density at radius 3 is 2.42 bits per heavy atom. The number of hydrogen-bond donors (Lipinski definition) is 1. The highest BCUT2D eigenvalue weighted by molar-refractivity contribution is 5.85. The summed E-state index contributed by atoms with van der Waals surface area (Å²) < 4.78 is 0. The molecule has 2 heterocycles. The predicted molar refractivity (Wildman–Crippen MR) is 76.3 cm³/mol. The van der Waals surface area contributed by atoms with E-state index in [9.17, 15) is 9.59 Å². The summed E-state index contributed by atoms with van der Waals surface area (Å²) in [6.07, 6.45) is 3.03. The lowest BCUT2D eigenvalue weighted by Gasteiger charge is -2.34. The van der Waals surface area contributed by atoms with E-state index >= 15 is 0 Å². The van der Waals surface area contributed by atoms with Crippen molar-refractivity contribution in [2.75, 3.05) is 33.2 Å². The van der Waals surface area contributed by atoms with Crippen molar-refractivity contribution in [3.63, 3.8) is 0 Å². The third-order valence-corrected chi connectivity index (χ3v) is 4.12. The molecule has 6 heteroatoms. The normalized spacial score (nSPS) is 27.1. The molecule has 0 aliphatic carbocycles. The molecule has 0 saturated carbocycles. The van der Waals surface area contributed by atoms with Gasteiger partial charge in [-0.05, 0) is 26.3 Å². The van der Waals surface area contributed by atoms with E-state index in [4.69, 9.17) is 0 Å².